The molecule has 0 fully saturated rings. The summed E-state index contributed by atoms with van der Waals surface area (Å²) in [6.45, 7) is 0. The van der Waals surface area contributed by atoms with Gasteiger partial charge in [0.05, 0.1) is 16.5 Å². The largest absolute Gasteiger partial charge is 0.0879 e. The molecule has 0 atom stereocenters. The maximum atomic E-state index is 9.93. The molecule has 0 aliphatic heterocycles. The Hall–Kier alpha value is -3.89. The molecule has 200 valence electrons. The molecule has 0 unspecified atom stereocenters. The van der Waals surface area contributed by atoms with E-state index in [0.717, 1.165) is 0 Å². The van der Waals surface area contributed by atoms with Crippen molar-refractivity contribution in [1.29, 1.82) is 0 Å². The average molecular weight is 653 g/mol. The van der Waals surface area contributed by atoms with E-state index in [1.807, 2.05) is 0 Å². The van der Waals surface area contributed by atoms with Gasteiger partial charge in [0.25, 0.3) is 0 Å². The molecule has 0 aliphatic carbocycles. The van der Waals surface area contributed by atoms with Crippen LogP contribution in [0.5, 0.6) is 0 Å². The van der Waals surface area contributed by atoms with Crippen LogP contribution in [0.25, 0.3) is 65.3 Å². The minimum atomic E-state index is -11.2. The second-order valence-electron chi connectivity index (χ2n) is 9.73. The molecule has 0 nitrogen and oxygen atoms in total. The summed E-state index contributed by atoms with van der Waals surface area (Å²) in [5.41, 5.74) is 5.04. The molecule has 0 N–H and O–H groups in total. The van der Waals surface area contributed by atoms with Gasteiger partial charge in [-0.2, -0.15) is 0 Å². The molecular formula is C33H21F6Sb. The zero-order chi connectivity index (χ0) is 28.2. The SMILES string of the molecule is [F][Sb-]([F])([F])([F])([F])[F].c1ccc[c+](-c2cccc3cccc(-c4cc5ccc6cccc7ccc(c4)c5c67)c23)cc1. The third kappa shape index (κ3) is 5.68. The summed E-state index contributed by atoms with van der Waals surface area (Å²) in [6.07, 6.45) is 0. The van der Waals surface area contributed by atoms with Crippen LogP contribution in [0.2, 0.25) is 0 Å². The van der Waals surface area contributed by atoms with E-state index >= 15 is 0 Å². The Morgan fingerprint density at radius 3 is 1.40 bits per heavy atom. The quantitative estimate of drug-likeness (QED) is 0.0754. The fourth-order valence-corrected chi connectivity index (χ4v) is 5.41. The summed E-state index contributed by atoms with van der Waals surface area (Å²) >= 11 is -11.2. The van der Waals surface area contributed by atoms with E-state index in [1.165, 1.54) is 65.3 Å². The van der Waals surface area contributed by atoms with Crippen molar-refractivity contribution in [3.8, 4) is 22.3 Å². The van der Waals surface area contributed by atoms with E-state index in [9.17, 15) is 16.9 Å². The first-order chi connectivity index (χ1) is 18.8. The fourth-order valence-electron chi connectivity index (χ4n) is 5.41. The molecule has 7 aromatic carbocycles. The van der Waals surface area contributed by atoms with Gasteiger partial charge in [-0.05, 0) is 98.5 Å². The van der Waals surface area contributed by atoms with Crippen molar-refractivity contribution < 1.29 is 16.9 Å². The van der Waals surface area contributed by atoms with Crippen LogP contribution in [-0.2, 0) is 0 Å². The first-order valence-corrected chi connectivity index (χ1v) is 18.3. The molecule has 0 aliphatic rings. The van der Waals surface area contributed by atoms with Crippen molar-refractivity contribution in [3.63, 3.8) is 0 Å². The minimum absolute atomic E-state index is 1.23. The first kappa shape index (κ1) is 26.3. The maximum Gasteiger partial charge on any atom is 0.0879 e. The average Bonchev–Trinajstić information content (AvgIpc) is 3.19. The van der Waals surface area contributed by atoms with Crippen LogP contribution in [0.4, 0.5) is 16.9 Å². The molecule has 0 radical (unpaired) electrons. The Kier molecular flexibility index (Phi) is 5.80. The zero-order valence-corrected chi connectivity index (χ0v) is 23.4. The Bertz CT molecular complexity index is 1960. The summed E-state index contributed by atoms with van der Waals surface area (Å²) in [5, 5.41) is 10.5. The first-order valence-electron chi connectivity index (χ1n) is 12.5. The second kappa shape index (κ2) is 8.80. The van der Waals surface area contributed by atoms with Gasteiger partial charge in [0.15, 0.2) is 0 Å². The topological polar surface area (TPSA) is 0 Å². The summed E-state index contributed by atoms with van der Waals surface area (Å²) in [5.74, 6) is 0. The number of hydrogen-bond donors (Lipinski definition) is 0. The van der Waals surface area contributed by atoms with Crippen LogP contribution in [0, 0.1) is 0 Å². The Morgan fingerprint density at radius 1 is 0.425 bits per heavy atom. The van der Waals surface area contributed by atoms with Gasteiger partial charge in [0.2, 0.25) is 0 Å². The molecule has 7 aromatic rings. The van der Waals surface area contributed by atoms with Gasteiger partial charge in [0, 0.05) is 29.1 Å². The monoisotopic (exact) mass is 652 g/mol. The van der Waals surface area contributed by atoms with Crippen molar-refractivity contribution in [3.05, 3.63) is 127 Å². The molecule has 7 rings (SSSR count). The molecule has 0 spiro atoms. The third-order valence-corrected chi connectivity index (χ3v) is 6.87. The van der Waals surface area contributed by atoms with Gasteiger partial charge in [0.1, 0.15) is 0 Å². The predicted molar refractivity (Wildman–Crippen MR) is 155 cm³/mol. The van der Waals surface area contributed by atoms with Crippen LogP contribution >= 0.6 is 0 Å². The predicted octanol–water partition coefficient (Wildman–Crippen LogP) is 11.5. The van der Waals surface area contributed by atoms with E-state index in [-0.39, 0.29) is 0 Å². The van der Waals surface area contributed by atoms with Crippen LogP contribution in [0.15, 0.2) is 127 Å². The van der Waals surface area contributed by atoms with Gasteiger partial charge in [-0.1, -0.05) is 48.5 Å². The molecule has 0 saturated heterocycles. The summed E-state index contributed by atoms with van der Waals surface area (Å²) in [6, 6.07) is 46.4. The van der Waals surface area contributed by atoms with E-state index in [0.29, 0.717) is 0 Å². The summed E-state index contributed by atoms with van der Waals surface area (Å²) < 4.78 is 59.6. The number of rotatable bonds is 2. The summed E-state index contributed by atoms with van der Waals surface area (Å²) in [4.78, 5) is 0. The van der Waals surface area contributed by atoms with Crippen LogP contribution in [-0.4, -0.2) is 19.5 Å². The van der Waals surface area contributed by atoms with Gasteiger partial charge in [-0.15, -0.1) is 0 Å². The molecule has 0 aromatic heterocycles. The molecule has 0 bridgehead atoms. The van der Waals surface area contributed by atoms with Crippen molar-refractivity contribution in [2.75, 3.05) is 0 Å². The molecule has 0 amide bonds. The Balaban J connectivity index is 0.000000370. The molecule has 0 heterocycles. The minimum Gasteiger partial charge on any atom is -0.0610 e. The number of hydrogen-bond acceptors (Lipinski definition) is 0. The molecule has 40 heavy (non-hydrogen) atoms. The Morgan fingerprint density at radius 2 is 0.850 bits per heavy atom. The van der Waals surface area contributed by atoms with Crippen molar-refractivity contribution in [2.24, 2.45) is 0 Å². The summed E-state index contributed by atoms with van der Waals surface area (Å²) in [7, 11) is 0. The molecular weight excluding hydrogens is 632 g/mol. The number of halogens is 6. The van der Waals surface area contributed by atoms with E-state index < -0.39 is 19.5 Å². The third-order valence-electron chi connectivity index (χ3n) is 6.87. The van der Waals surface area contributed by atoms with Crippen molar-refractivity contribution in [1.82, 2.24) is 0 Å². The molecule has 0 saturated carbocycles. The zero-order valence-electron chi connectivity index (χ0n) is 20.8. The standard InChI is InChI=1S/C33H21.6FH.Sb/c1-2-4-9-22(8-3-1)29-14-6-12-23-13-7-15-30(33(23)29)28-20-26-18-16-24-10-5-11-25-17-19-27(21-28)32(26)31(24)25;;;;;;;/h1-21H;6*1H;/q+1;;;;;;;+5/p-6. The van der Waals surface area contributed by atoms with Gasteiger partial charge in [-0.3, -0.25) is 0 Å². The van der Waals surface area contributed by atoms with Crippen LogP contribution in [0.1, 0.15) is 0 Å². The smallest absolute Gasteiger partial charge is 0.0610 e. The number of fused-ring (bicyclic) bond motifs is 1. The van der Waals surface area contributed by atoms with E-state index in [1.54, 1.807) is 0 Å². The van der Waals surface area contributed by atoms with Gasteiger partial charge in [-0.25, -0.2) is 0 Å². The van der Waals surface area contributed by atoms with E-state index in [2.05, 4.69) is 127 Å². The van der Waals surface area contributed by atoms with Gasteiger partial charge < -0.3 is 0 Å². The van der Waals surface area contributed by atoms with Crippen molar-refractivity contribution in [2.45, 2.75) is 0 Å². The van der Waals surface area contributed by atoms with E-state index in [4.69, 9.17) is 0 Å². The van der Waals surface area contributed by atoms with Gasteiger partial charge >= 0.3 is 36.4 Å². The fraction of sp³-hybridized carbons (Fsp3) is 0. The van der Waals surface area contributed by atoms with Crippen molar-refractivity contribution >= 4 is 62.6 Å². The molecule has 7 heteroatoms. The van der Waals surface area contributed by atoms with Crippen LogP contribution in [0.3, 0.4) is 0 Å². The maximum absolute atomic E-state index is 11.2. The normalized spacial score (nSPS) is 13.7. The number of benzene rings is 6. The second-order valence-corrected chi connectivity index (χ2v) is 15.2. The van der Waals surface area contributed by atoms with Crippen LogP contribution < -0.4 is 0 Å². The Labute approximate surface area is 228 Å².